The molecule has 2 nitrogen and oxygen atoms in total. The second kappa shape index (κ2) is 4.92. The first-order chi connectivity index (χ1) is 9.50. The second-order valence-corrected chi connectivity index (χ2v) is 7.15. The van der Waals surface area contributed by atoms with Gasteiger partial charge in [0.2, 0.25) is 0 Å². The third-order valence-corrected chi connectivity index (χ3v) is 4.96. The lowest BCUT2D eigenvalue weighted by molar-refractivity contribution is 0.153. The summed E-state index contributed by atoms with van der Waals surface area (Å²) in [6.07, 6.45) is 3.66. The molecule has 2 atom stereocenters. The molecule has 2 heteroatoms. The van der Waals surface area contributed by atoms with Crippen molar-refractivity contribution in [3.63, 3.8) is 0 Å². The molecule has 0 aliphatic heterocycles. The Morgan fingerprint density at radius 3 is 2.85 bits per heavy atom. The standard InChI is InChI=1S/C18H25NO/c1-12-5-4-6-13-9-16(20-17(12)13)15-10-18(2,3)8-7-14(15)11-19/h4-6,9,14-15H,7-8,10-11,19H2,1-3H3. The van der Waals surface area contributed by atoms with Crippen LogP contribution in [0.4, 0.5) is 0 Å². The van der Waals surface area contributed by atoms with E-state index < -0.39 is 0 Å². The maximum absolute atomic E-state index is 6.21. The quantitative estimate of drug-likeness (QED) is 0.866. The van der Waals surface area contributed by atoms with Crippen LogP contribution >= 0.6 is 0 Å². The zero-order chi connectivity index (χ0) is 14.3. The molecular formula is C18H25NO. The van der Waals surface area contributed by atoms with E-state index in [2.05, 4.69) is 45.0 Å². The van der Waals surface area contributed by atoms with E-state index >= 15 is 0 Å². The first kappa shape index (κ1) is 13.7. The number of furan rings is 1. The molecule has 1 aromatic carbocycles. The predicted octanol–water partition coefficient (Wildman–Crippen LogP) is 4.61. The van der Waals surface area contributed by atoms with Gasteiger partial charge in [0.1, 0.15) is 11.3 Å². The predicted molar refractivity (Wildman–Crippen MR) is 83.9 cm³/mol. The van der Waals surface area contributed by atoms with E-state index in [1.165, 1.54) is 30.2 Å². The van der Waals surface area contributed by atoms with Gasteiger partial charge in [-0.15, -0.1) is 0 Å². The Kier molecular flexibility index (Phi) is 3.37. The molecule has 1 saturated carbocycles. The third-order valence-electron chi connectivity index (χ3n) is 4.96. The van der Waals surface area contributed by atoms with E-state index in [0.717, 1.165) is 17.9 Å². The number of benzene rings is 1. The van der Waals surface area contributed by atoms with Crippen LogP contribution in [0.15, 0.2) is 28.7 Å². The number of aryl methyl sites for hydroxylation is 1. The molecule has 0 spiro atoms. The summed E-state index contributed by atoms with van der Waals surface area (Å²) in [7, 11) is 0. The van der Waals surface area contributed by atoms with Crippen molar-refractivity contribution in [2.75, 3.05) is 6.54 Å². The van der Waals surface area contributed by atoms with Crippen LogP contribution in [-0.2, 0) is 0 Å². The lowest BCUT2D eigenvalue weighted by Gasteiger charge is -2.39. The van der Waals surface area contributed by atoms with Gasteiger partial charge >= 0.3 is 0 Å². The number of fused-ring (bicyclic) bond motifs is 1. The molecule has 0 bridgehead atoms. The summed E-state index contributed by atoms with van der Waals surface area (Å²) >= 11 is 0. The average molecular weight is 271 g/mol. The van der Waals surface area contributed by atoms with E-state index in [4.69, 9.17) is 10.2 Å². The summed E-state index contributed by atoms with van der Waals surface area (Å²) in [5.41, 5.74) is 8.65. The fraction of sp³-hybridized carbons (Fsp3) is 0.556. The molecule has 2 aromatic rings. The van der Waals surface area contributed by atoms with Gasteiger partial charge in [-0.1, -0.05) is 32.0 Å². The van der Waals surface area contributed by atoms with E-state index in [9.17, 15) is 0 Å². The molecule has 1 heterocycles. The Morgan fingerprint density at radius 1 is 1.35 bits per heavy atom. The fourth-order valence-electron chi connectivity index (χ4n) is 3.67. The number of nitrogens with two attached hydrogens (primary N) is 1. The summed E-state index contributed by atoms with van der Waals surface area (Å²) < 4.78 is 6.21. The molecule has 108 valence electrons. The average Bonchev–Trinajstić information content (AvgIpc) is 2.83. The van der Waals surface area contributed by atoms with Gasteiger partial charge in [-0.05, 0) is 55.7 Å². The maximum Gasteiger partial charge on any atom is 0.137 e. The van der Waals surface area contributed by atoms with Gasteiger partial charge in [0, 0.05) is 11.3 Å². The van der Waals surface area contributed by atoms with Crippen molar-refractivity contribution >= 4 is 11.0 Å². The van der Waals surface area contributed by atoms with Gasteiger partial charge in [-0.25, -0.2) is 0 Å². The second-order valence-electron chi connectivity index (χ2n) is 7.15. The summed E-state index contributed by atoms with van der Waals surface area (Å²) in [4.78, 5) is 0. The van der Waals surface area contributed by atoms with Crippen molar-refractivity contribution in [3.05, 3.63) is 35.6 Å². The Morgan fingerprint density at radius 2 is 2.15 bits per heavy atom. The van der Waals surface area contributed by atoms with E-state index in [0.29, 0.717) is 17.3 Å². The smallest absolute Gasteiger partial charge is 0.137 e. The molecule has 1 aromatic heterocycles. The topological polar surface area (TPSA) is 39.2 Å². The molecule has 1 aliphatic carbocycles. The molecule has 1 aliphatic rings. The first-order valence-corrected chi connectivity index (χ1v) is 7.69. The number of para-hydroxylation sites is 1. The number of hydrogen-bond donors (Lipinski definition) is 1. The van der Waals surface area contributed by atoms with Crippen LogP contribution in [0.2, 0.25) is 0 Å². The largest absolute Gasteiger partial charge is 0.460 e. The summed E-state index contributed by atoms with van der Waals surface area (Å²) in [6, 6.07) is 8.58. The Balaban J connectivity index is 2.01. The van der Waals surface area contributed by atoms with E-state index in [1.807, 2.05) is 0 Å². The van der Waals surface area contributed by atoms with Crippen molar-refractivity contribution in [2.24, 2.45) is 17.1 Å². The van der Waals surface area contributed by atoms with Crippen LogP contribution in [0.5, 0.6) is 0 Å². The highest BCUT2D eigenvalue weighted by Crippen LogP contribution is 2.47. The third kappa shape index (κ3) is 2.37. The molecular weight excluding hydrogens is 246 g/mol. The van der Waals surface area contributed by atoms with Crippen LogP contribution < -0.4 is 5.73 Å². The molecule has 1 fully saturated rings. The molecule has 2 N–H and O–H groups in total. The Labute approximate surface area is 121 Å². The van der Waals surface area contributed by atoms with Crippen LogP contribution in [0.25, 0.3) is 11.0 Å². The van der Waals surface area contributed by atoms with E-state index in [-0.39, 0.29) is 0 Å². The van der Waals surface area contributed by atoms with Gasteiger partial charge < -0.3 is 10.2 Å². The summed E-state index contributed by atoms with van der Waals surface area (Å²) in [5, 5.41) is 1.22. The van der Waals surface area contributed by atoms with Crippen molar-refractivity contribution in [3.8, 4) is 0 Å². The van der Waals surface area contributed by atoms with Gasteiger partial charge in [0.05, 0.1) is 0 Å². The highest BCUT2D eigenvalue weighted by Gasteiger charge is 2.36. The van der Waals surface area contributed by atoms with Crippen LogP contribution in [0, 0.1) is 18.3 Å². The molecule has 0 amide bonds. The SMILES string of the molecule is Cc1cccc2cc(C3CC(C)(C)CCC3CN)oc12. The molecule has 0 saturated heterocycles. The zero-order valence-corrected chi connectivity index (χ0v) is 12.8. The van der Waals surface area contributed by atoms with Crippen molar-refractivity contribution in [1.29, 1.82) is 0 Å². The summed E-state index contributed by atoms with van der Waals surface area (Å²) in [6.45, 7) is 7.60. The minimum absolute atomic E-state index is 0.393. The van der Waals surface area contributed by atoms with Crippen molar-refractivity contribution in [2.45, 2.75) is 46.0 Å². The minimum Gasteiger partial charge on any atom is -0.460 e. The van der Waals surface area contributed by atoms with Gasteiger partial charge in [-0.3, -0.25) is 0 Å². The van der Waals surface area contributed by atoms with Crippen molar-refractivity contribution < 1.29 is 4.42 Å². The van der Waals surface area contributed by atoms with Crippen LogP contribution in [-0.4, -0.2) is 6.54 Å². The van der Waals surface area contributed by atoms with Crippen LogP contribution in [0.1, 0.15) is 50.4 Å². The number of rotatable bonds is 2. The molecule has 3 rings (SSSR count). The Bertz CT molecular complexity index is 611. The Hall–Kier alpha value is -1.28. The monoisotopic (exact) mass is 271 g/mol. The minimum atomic E-state index is 0.393. The molecule has 20 heavy (non-hydrogen) atoms. The highest BCUT2D eigenvalue weighted by molar-refractivity contribution is 5.81. The maximum atomic E-state index is 6.21. The van der Waals surface area contributed by atoms with Gasteiger partial charge in [-0.2, -0.15) is 0 Å². The fourth-order valence-corrected chi connectivity index (χ4v) is 3.67. The van der Waals surface area contributed by atoms with Crippen molar-refractivity contribution in [1.82, 2.24) is 0 Å². The number of hydrogen-bond acceptors (Lipinski definition) is 2. The van der Waals surface area contributed by atoms with Crippen LogP contribution in [0.3, 0.4) is 0 Å². The zero-order valence-electron chi connectivity index (χ0n) is 12.8. The molecule has 2 unspecified atom stereocenters. The lowest BCUT2D eigenvalue weighted by Crippen LogP contribution is -2.32. The lowest BCUT2D eigenvalue weighted by atomic mass is 9.66. The highest BCUT2D eigenvalue weighted by atomic mass is 16.3. The van der Waals surface area contributed by atoms with Gasteiger partial charge in [0.25, 0.3) is 0 Å². The first-order valence-electron chi connectivity index (χ1n) is 7.69. The molecule has 0 radical (unpaired) electrons. The van der Waals surface area contributed by atoms with E-state index in [1.54, 1.807) is 0 Å². The summed E-state index contributed by atoms with van der Waals surface area (Å²) in [5.74, 6) is 2.16. The normalized spacial score (nSPS) is 26.0. The van der Waals surface area contributed by atoms with Gasteiger partial charge in [0.15, 0.2) is 0 Å².